The number of methoxy groups -OCH3 is 1. The summed E-state index contributed by atoms with van der Waals surface area (Å²) in [6.45, 7) is 3.89. The highest BCUT2D eigenvalue weighted by molar-refractivity contribution is 5.99. The van der Waals surface area contributed by atoms with Crippen molar-refractivity contribution in [2.75, 3.05) is 44.0 Å². The van der Waals surface area contributed by atoms with Crippen LogP contribution in [0.5, 0.6) is 0 Å². The number of carbonyl (C=O) groups is 2. The molecular formula is C21H26FN5O4. The summed E-state index contributed by atoms with van der Waals surface area (Å²) in [7, 11) is 1.53. The molecule has 1 saturated heterocycles. The first-order chi connectivity index (χ1) is 14.8. The van der Waals surface area contributed by atoms with Crippen LogP contribution in [0.15, 0.2) is 36.5 Å². The largest absolute Gasteiger partial charge is 0.465 e. The van der Waals surface area contributed by atoms with E-state index < -0.39 is 17.9 Å². The van der Waals surface area contributed by atoms with Crippen molar-refractivity contribution < 1.29 is 23.8 Å². The zero-order valence-corrected chi connectivity index (χ0v) is 17.5. The van der Waals surface area contributed by atoms with Gasteiger partial charge in [-0.25, -0.2) is 14.0 Å². The number of ether oxygens (including phenoxy) is 1. The smallest absolute Gasteiger partial charge is 0.407 e. The number of carboxylic acid groups (broad SMARTS) is 1. The van der Waals surface area contributed by atoms with Crippen LogP contribution in [0.25, 0.3) is 0 Å². The minimum atomic E-state index is -0.978. The zero-order chi connectivity index (χ0) is 22.4. The van der Waals surface area contributed by atoms with E-state index in [1.807, 2.05) is 11.8 Å². The number of hydrogen-bond acceptors (Lipinski definition) is 5. The number of urea groups is 1. The van der Waals surface area contributed by atoms with E-state index in [2.05, 4.69) is 15.6 Å². The lowest BCUT2D eigenvalue weighted by molar-refractivity contribution is 0.0265. The summed E-state index contributed by atoms with van der Waals surface area (Å²) >= 11 is 0. The maximum atomic E-state index is 14.2. The van der Waals surface area contributed by atoms with E-state index in [0.29, 0.717) is 43.1 Å². The molecule has 10 heteroatoms. The number of halogens is 1. The van der Waals surface area contributed by atoms with Crippen molar-refractivity contribution in [2.45, 2.75) is 19.5 Å². The summed E-state index contributed by atoms with van der Waals surface area (Å²) in [5, 5.41) is 14.6. The third-order valence-electron chi connectivity index (χ3n) is 4.96. The summed E-state index contributed by atoms with van der Waals surface area (Å²) in [6, 6.07) is 7.05. The average Bonchev–Trinajstić information content (AvgIpc) is 2.69. The lowest BCUT2D eigenvalue weighted by Crippen LogP contribution is -2.56. The van der Waals surface area contributed by atoms with Gasteiger partial charge in [-0.15, -0.1) is 0 Å². The van der Waals surface area contributed by atoms with Gasteiger partial charge in [0.15, 0.2) is 0 Å². The second-order valence-electron chi connectivity index (χ2n) is 7.44. The van der Waals surface area contributed by atoms with E-state index >= 15 is 0 Å². The molecule has 0 radical (unpaired) electrons. The van der Waals surface area contributed by atoms with Crippen LogP contribution in [0, 0.1) is 12.7 Å². The maximum absolute atomic E-state index is 14.2. The highest BCUT2D eigenvalue weighted by atomic mass is 19.1. The van der Waals surface area contributed by atoms with Gasteiger partial charge < -0.3 is 25.4 Å². The first-order valence-electron chi connectivity index (χ1n) is 9.85. The van der Waals surface area contributed by atoms with Gasteiger partial charge in [-0.3, -0.25) is 9.88 Å². The second kappa shape index (κ2) is 10.2. The Hall–Kier alpha value is -3.24. The molecule has 1 aromatic heterocycles. The molecule has 166 valence electrons. The van der Waals surface area contributed by atoms with Gasteiger partial charge in [0.25, 0.3) is 0 Å². The minimum absolute atomic E-state index is 0.285. The molecule has 2 heterocycles. The minimum Gasteiger partial charge on any atom is -0.465 e. The van der Waals surface area contributed by atoms with Crippen LogP contribution < -0.4 is 10.6 Å². The molecule has 0 spiro atoms. The predicted octanol–water partition coefficient (Wildman–Crippen LogP) is 2.98. The Morgan fingerprint density at radius 2 is 2.00 bits per heavy atom. The Morgan fingerprint density at radius 1 is 1.23 bits per heavy atom. The Kier molecular flexibility index (Phi) is 7.37. The summed E-state index contributed by atoms with van der Waals surface area (Å²) in [4.78, 5) is 31.1. The maximum Gasteiger partial charge on any atom is 0.407 e. The molecule has 1 aliphatic rings. The molecule has 0 saturated carbocycles. The fourth-order valence-corrected chi connectivity index (χ4v) is 3.56. The highest BCUT2D eigenvalue weighted by Crippen LogP contribution is 2.19. The van der Waals surface area contributed by atoms with Gasteiger partial charge in [0.1, 0.15) is 5.82 Å². The van der Waals surface area contributed by atoms with Crippen molar-refractivity contribution in [2.24, 2.45) is 0 Å². The highest BCUT2D eigenvalue weighted by Gasteiger charge is 2.30. The monoisotopic (exact) mass is 431 g/mol. The van der Waals surface area contributed by atoms with Crippen LogP contribution >= 0.6 is 0 Å². The molecule has 0 bridgehead atoms. The average molecular weight is 431 g/mol. The molecule has 1 atom stereocenters. The van der Waals surface area contributed by atoms with Crippen LogP contribution in [0.3, 0.4) is 0 Å². The van der Waals surface area contributed by atoms with Crippen molar-refractivity contribution in [3.05, 3.63) is 53.6 Å². The zero-order valence-electron chi connectivity index (χ0n) is 17.5. The van der Waals surface area contributed by atoms with E-state index in [9.17, 15) is 19.1 Å². The quantitative estimate of drug-likeness (QED) is 0.649. The number of piperazine rings is 1. The van der Waals surface area contributed by atoms with Gasteiger partial charge in [-0.05, 0) is 42.8 Å². The molecule has 3 amide bonds. The number of benzene rings is 1. The molecule has 31 heavy (non-hydrogen) atoms. The molecule has 9 nitrogen and oxygen atoms in total. The van der Waals surface area contributed by atoms with Gasteiger partial charge in [0, 0.05) is 44.7 Å². The van der Waals surface area contributed by atoms with Crippen molar-refractivity contribution in [3.8, 4) is 0 Å². The first-order valence-corrected chi connectivity index (χ1v) is 9.85. The van der Waals surface area contributed by atoms with Gasteiger partial charge in [0.05, 0.1) is 24.5 Å². The Labute approximate surface area is 179 Å². The molecule has 3 N–H and O–H groups in total. The van der Waals surface area contributed by atoms with Crippen molar-refractivity contribution in [1.82, 2.24) is 14.8 Å². The lowest BCUT2D eigenvalue weighted by atomic mass is 10.1. The van der Waals surface area contributed by atoms with Gasteiger partial charge in [-0.2, -0.15) is 0 Å². The SMILES string of the molecule is COC[C@@H]1CN(Cc2cc(F)cc(NC(=O)Nc3ccc(C)nc3)c2)CCN1C(=O)O. The van der Waals surface area contributed by atoms with Gasteiger partial charge in [0.2, 0.25) is 0 Å². The van der Waals surface area contributed by atoms with Gasteiger partial charge >= 0.3 is 12.1 Å². The number of pyridine rings is 1. The van der Waals surface area contributed by atoms with Crippen LogP contribution in [-0.4, -0.2) is 71.4 Å². The van der Waals surface area contributed by atoms with Gasteiger partial charge in [-0.1, -0.05) is 0 Å². The van der Waals surface area contributed by atoms with Crippen LogP contribution in [0.1, 0.15) is 11.3 Å². The fraction of sp³-hybridized carbons (Fsp3) is 0.381. The van der Waals surface area contributed by atoms with Crippen LogP contribution in [-0.2, 0) is 11.3 Å². The number of nitrogens with one attached hydrogen (secondary N) is 2. The molecule has 2 aromatic rings. The first kappa shape index (κ1) is 22.4. The number of hydrogen-bond donors (Lipinski definition) is 3. The summed E-state index contributed by atoms with van der Waals surface area (Å²) in [5.41, 5.74) is 2.36. The molecule has 3 rings (SSSR count). The van der Waals surface area contributed by atoms with E-state index in [1.165, 1.54) is 24.1 Å². The van der Waals surface area contributed by atoms with Crippen LogP contribution in [0.2, 0.25) is 0 Å². The standard InChI is InChI=1S/C21H26FN5O4/c1-14-3-4-17(10-23-14)24-20(28)25-18-8-15(7-16(22)9-18)11-26-5-6-27(21(29)30)19(12-26)13-31-2/h3-4,7-10,19H,5-6,11-13H2,1-2H3,(H,29,30)(H2,24,25,28)/t19-/m0/s1. The summed E-state index contributed by atoms with van der Waals surface area (Å²) in [6.07, 6.45) is 0.563. The van der Waals surface area contributed by atoms with E-state index in [0.717, 1.165) is 5.69 Å². The number of nitrogens with zero attached hydrogens (tertiary/aromatic N) is 3. The molecule has 1 fully saturated rings. The topological polar surface area (TPSA) is 107 Å². The third kappa shape index (κ3) is 6.37. The predicted molar refractivity (Wildman–Crippen MR) is 114 cm³/mol. The van der Waals surface area contributed by atoms with Crippen molar-refractivity contribution >= 4 is 23.5 Å². The molecule has 1 aromatic carbocycles. The van der Waals surface area contributed by atoms with Crippen LogP contribution in [0.4, 0.5) is 25.4 Å². The Balaban J connectivity index is 1.63. The molecular weight excluding hydrogens is 405 g/mol. The number of aromatic nitrogens is 1. The second-order valence-corrected chi connectivity index (χ2v) is 7.44. The molecule has 0 aliphatic carbocycles. The number of anilines is 2. The molecule has 0 unspecified atom stereocenters. The number of carbonyl (C=O) groups excluding carboxylic acids is 1. The number of aryl methyl sites for hydroxylation is 1. The lowest BCUT2D eigenvalue weighted by Gasteiger charge is -2.39. The summed E-state index contributed by atoms with van der Waals surface area (Å²) < 4.78 is 19.3. The number of rotatable bonds is 6. The Morgan fingerprint density at radius 3 is 2.68 bits per heavy atom. The van der Waals surface area contributed by atoms with E-state index in [1.54, 1.807) is 24.4 Å². The molecule has 1 aliphatic heterocycles. The fourth-order valence-electron chi connectivity index (χ4n) is 3.56. The van der Waals surface area contributed by atoms with Crippen molar-refractivity contribution in [1.29, 1.82) is 0 Å². The summed E-state index contributed by atoms with van der Waals surface area (Å²) in [5.74, 6) is -0.470. The van der Waals surface area contributed by atoms with E-state index in [4.69, 9.17) is 4.74 Å². The van der Waals surface area contributed by atoms with Crippen molar-refractivity contribution in [3.63, 3.8) is 0 Å². The number of amides is 3. The Bertz CT molecular complexity index is 924. The van der Waals surface area contributed by atoms with E-state index in [-0.39, 0.29) is 12.6 Å². The third-order valence-corrected chi connectivity index (χ3v) is 4.96. The normalized spacial score (nSPS) is 16.7.